The van der Waals surface area contributed by atoms with E-state index in [1.165, 1.54) is 96.3 Å². The van der Waals surface area contributed by atoms with Crippen molar-refractivity contribution in [2.75, 3.05) is 13.2 Å². The molecule has 44 heavy (non-hydrogen) atoms. The predicted molar refractivity (Wildman–Crippen MR) is 175 cm³/mol. The van der Waals surface area contributed by atoms with Gasteiger partial charge in [-0.05, 0) is 12.8 Å². The van der Waals surface area contributed by atoms with Gasteiger partial charge in [-0.3, -0.25) is 4.79 Å². The van der Waals surface area contributed by atoms with Crippen LogP contribution in [0.5, 0.6) is 0 Å². The Morgan fingerprint density at radius 2 is 1.14 bits per heavy atom. The lowest BCUT2D eigenvalue weighted by molar-refractivity contribution is -0.302. The number of amides is 1. The summed E-state index contributed by atoms with van der Waals surface area (Å²) in [6.45, 7) is 3.78. The second-order valence-electron chi connectivity index (χ2n) is 13.0. The molecule has 1 aliphatic rings. The lowest BCUT2D eigenvalue weighted by Gasteiger charge is -2.40. The van der Waals surface area contributed by atoms with E-state index in [0.717, 1.165) is 38.5 Å². The third-order valence-corrected chi connectivity index (χ3v) is 8.96. The van der Waals surface area contributed by atoms with Gasteiger partial charge in [0, 0.05) is 6.42 Å². The van der Waals surface area contributed by atoms with E-state index >= 15 is 0 Å². The van der Waals surface area contributed by atoms with E-state index in [9.17, 15) is 30.3 Å². The zero-order valence-electron chi connectivity index (χ0n) is 28.2. The molecule has 262 valence electrons. The molecule has 9 nitrogen and oxygen atoms in total. The van der Waals surface area contributed by atoms with Crippen LogP contribution in [0.25, 0.3) is 0 Å². The summed E-state index contributed by atoms with van der Waals surface area (Å²) in [6, 6.07) is -0.707. The molecule has 1 aliphatic heterocycles. The molecule has 7 unspecified atom stereocenters. The summed E-state index contributed by atoms with van der Waals surface area (Å²) in [5.41, 5.74) is 0. The fourth-order valence-electron chi connectivity index (χ4n) is 5.92. The smallest absolute Gasteiger partial charge is 0.220 e. The van der Waals surface area contributed by atoms with Crippen molar-refractivity contribution in [3.8, 4) is 0 Å². The van der Waals surface area contributed by atoms with Crippen LogP contribution in [0, 0.1) is 0 Å². The van der Waals surface area contributed by atoms with Crippen molar-refractivity contribution >= 4 is 5.91 Å². The van der Waals surface area contributed by atoms with Gasteiger partial charge in [-0.15, -0.1) is 0 Å². The number of carbonyl (C=O) groups excluding carboxylic acids is 1. The maximum absolute atomic E-state index is 12.8. The van der Waals surface area contributed by atoms with Crippen LogP contribution in [0.15, 0.2) is 0 Å². The van der Waals surface area contributed by atoms with Gasteiger partial charge in [-0.25, -0.2) is 0 Å². The molecule has 0 aliphatic carbocycles. The predicted octanol–water partition coefficient (Wildman–Crippen LogP) is 5.66. The van der Waals surface area contributed by atoms with Crippen molar-refractivity contribution in [3.05, 3.63) is 0 Å². The number of hydrogen-bond donors (Lipinski definition) is 6. The lowest BCUT2D eigenvalue weighted by atomic mass is 9.99. The molecule has 0 aromatic carbocycles. The van der Waals surface area contributed by atoms with Crippen LogP contribution in [-0.2, 0) is 14.3 Å². The van der Waals surface area contributed by atoms with Crippen molar-refractivity contribution < 1.29 is 39.8 Å². The number of rotatable bonds is 29. The average Bonchev–Trinajstić information content (AvgIpc) is 3.02. The monoisotopic (exact) mass is 632 g/mol. The van der Waals surface area contributed by atoms with Gasteiger partial charge < -0.3 is 40.3 Å². The second-order valence-corrected chi connectivity index (χ2v) is 13.0. The largest absolute Gasteiger partial charge is 0.394 e. The first-order valence-corrected chi connectivity index (χ1v) is 18.2. The molecular weight excluding hydrogens is 562 g/mol. The maximum Gasteiger partial charge on any atom is 0.220 e. The third-order valence-electron chi connectivity index (χ3n) is 8.96. The van der Waals surface area contributed by atoms with Gasteiger partial charge in [0.05, 0.1) is 25.4 Å². The minimum atomic E-state index is -1.54. The van der Waals surface area contributed by atoms with E-state index in [4.69, 9.17) is 9.47 Å². The van der Waals surface area contributed by atoms with Crippen LogP contribution < -0.4 is 5.32 Å². The summed E-state index contributed by atoms with van der Waals surface area (Å²) in [5, 5.41) is 53.9. The van der Waals surface area contributed by atoms with E-state index in [2.05, 4.69) is 19.2 Å². The highest BCUT2D eigenvalue weighted by Crippen LogP contribution is 2.23. The molecular formula is C35H69NO8. The molecule has 1 saturated heterocycles. The van der Waals surface area contributed by atoms with Crippen molar-refractivity contribution in [1.82, 2.24) is 5.32 Å². The molecule has 1 amide bonds. The number of carbonyl (C=O) groups is 1. The maximum atomic E-state index is 12.8. The fourth-order valence-corrected chi connectivity index (χ4v) is 5.92. The minimum absolute atomic E-state index is 0.133. The molecule has 9 heteroatoms. The fraction of sp³-hybridized carbons (Fsp3) is 0.971. The van der Waals surface area contributed by atoms with Gasteiger partial charge in [0.1, 0.15) is 24.4 Å². The van der Waals surface area contributed by atoms with Crippen molar-refractivity contribution in [1.29, 1.82) is 0 Å². The molecule has 7 atom stereocenters. The Hall–Kier alpha value is -0.810. The van der Waals surface area contributed by atoms with E-state index in [1.807, 2.05) is 0 Å². The van der Waals surface area contributed by atoms with Crippen molar-refractivity contribution in [2.24, 2.45) is 0 Å². The van der Waals surface area contributed by atoms with E-state index in [0.29, 0.717) is 12.8 Å². The molecule has 0 aromatic heterocycles. The van der Waals surface area contributed by atoms with Crippen LogP contribution >= 0.6 is 0 Å². The zero-order valence-corrected chi connectivity index (χ0v) is 28.2. The molecule has 1 fully saturated rings. The first kappa shape index (κ1) is 41.2. The van der Waals surface area contributed by atoms with Crippen molar-refractivity contribution in [3.63, 3.8) is 0 Å². The average molecular weight is 632 g/mol. The van der Waals surface area contributed by atoms with Crippen LogP contribution in [0.2, 0.25) is 0 Å². The summed E-state index contributed by atoms with van der Waals surface area (Å²) in [7, 11) is 0. The molecule has 0 radical (unpaired) electrons. The standard InChI is InChI=1S/C35H69NO8/c1-3-5-7-9-11-13-15-16-18-20-22-24-29(38)28(27-43-35-34(42)33(41)32(40)30(26-37)44-35)36-31(39)25-23-21-19-17-14-12-10-8-6-4-2/h28-30,32-35,37-38,40-42H,3-27H2,1-2H3,(H,36,39). The highest BCUT2D eigenvalue weighted by molar-refractivity contribution is 5.76. The van der Waals surface area contributed by atoms with Gasteiger partial charge >= 0.3 is 0 Å². The molecule has 0 saturated carbocycles. The Kier molecular flexibility index (Phi) is 25.6. The number of unbranched alkanes of at least 4 members (excludes halogenated alkanes) is 19. The number of aliphatic hydroxyl groups is 5. The van der Waals surface area contributed by atoms with Gasteiger partial charge in [-0.2, -0.15) is 0 Å². The number of ether oxygens (including phenoxy) is 2. The third kappa shape index (κ3) is 19.0. The quantitative estimate of drug-likeness (QED) is 0.0580. The Labute approximate surface area is 268 Å². The highest BCUT2D eigenvalue weighted by Gasteiger charge is 2.44. The molecule has 1 heterocycles. The van der Waals surface area contributed by atoms with E-state index in [1.54, 1.807) is 0 Å². The van der Waals surface area contributed by atoms with Crippen molar-refractivity contribution in [2.45, 2.75) is 204 Å². The minimum Gasteiger partial charge on any atom is -0.394 e. The molecule has 1 rings (SSSR count). The normalized spacial score (nSPS) is 23.5. The summed E-state index contributed by atoms with van der Waals surface area (Å²) in [5.74, 6) is -0.148. The van der Waals surface area contributed by atoms with Gasteiger partial charge in [0.2, 0.25) is 5.91 Å². The Bertz CT molecular complexity index is 667. The highest BCUT2D eigenvalue weighted by atomic mass is 16.7. The van der Waals surface area contributed by atoms with E-state index in [-0.39, 0.29) is 12.5 Å². The SMILES string of the molecule is CCCCCCCCCCCCCC(O)C(COC1OC(CO)C(O)C(O)C1O)NC(=O)CCCCCCCCCCCC. The Balaban J connectivity index is 2.46. The second kappa shape index (κ2) is 27.3. The zero-order chi connectivity index (χ0) is 32.4. The summed E-state index contributed by atoms with van der Waals surface area (Å²) in [4.78, 5) is 12.8. The van der Waals surface area contributed by atoms with Crippen LogP contribution in [0.1, 0.15) is 162 Å². The van der Waals surface area contributed by atoms with Gasteiger partial charge in [0.15, 0.2) is 6.29 Å². The topological polar surface area (TPSA) is 149 Å². The summed E-state index contributed by atoms with van der Waals surface area (Å²) < 4.78 is 11.2. The first-order valence-electron chi connectivity index (χ1n) is 18.2. The molecule has 6 N–H and O–H groups in total. The first-order chi connectivity index (χ1) is 21.3. The lowest BCUT2D eigenvalue weighted by Crippen LogP contribution is -2.60. The molecule has 0 spiro atoms. The molecule has 0 aromatic rings. The number of nitrogens with one attached hydrogen (secondary N) is 1. The Morgan fingerprint density at radius 3 is 1.61 bits per heavy atom. The van der Waals surface area contributed by atoms with E-state index < -0.39 is 49.5 Å². The number of hydrogen-bond acceptors (Lipinski definition) is 8. The number of aliphatic hydroxyl groups excluding tert-OH is 5. The summed E-state index contributed by atoms with van der Waals surface area (Å²) >= 11 is 0. The summed E-state index contributed by atoms with van der Waals surface area (Å²) in [6.07, 6.45) is 18.3. The molecule has 0 bridgehead atoms. The van der Waals surface area contributed by atoms with Gasteiger partial charge in [-0.1, -0.05) is 142 Å². The van der Waals surface area contributed by atoms with Crippen LogP contribution in [0.3, 0.4) is 0 Å². The van der Waals surface area contributed by atoms with Crippen LogP contribution in [-0.4, -0.2) is 87.5 Å². The Morgan fingerprint density at radius 1 is 0.682 bits per heavy atom. The van der Waals surface area contributed by atoms with Gasteiger partial charge in [0.25, 0.3) is 0 Å². The van der Waals surface area contributed by atoms with Crippen LogP contribution in [0.4, 0.5) is 0 Å².